The summed E-state index contributed by atoms with van der Waals surface area (Å²) in [5.74, 6) is -0.944. The highest BCUT2D eigenvalue weighted by molar-refractivity contribution is 7.89. The molecule has 0 saturated carbocycles. The molecule has 7 nitrogen and oxygen atoms in total. The maximum Gasteiger partial charge on any atom is 0.310 e. The maximum atomic E-state index is 12.1. The molecule has 0 aliphatic rings. The first-order valence-corrected chi connectivity index (χ1v) is 10.4. The second-order valence-corrected chi connectivity index (χ2v) is 8.00. The molecular formula is C21H20N2O5S. The number of hydrogen-bond acceptors (Lipinski definition) is 5. The van der Waals surface area contributed by atoms with E-state index in [1.807, 2.05) is 42.5 Å². The number of esters is 1. The molecule has 0 saturated heterocycles. The molecule has 0 bridgehead atoms. The lowest BCUT2D eigenvalue weighted by Gasteiger charge is -2.09. The summed E-state index contributed by atoms with van der Waals surface area (Å²) >= 11 is 0. The molecular weight excluding hydrogens is 392 g/mol. The standard InChI is InChI=1S/C21H20N2O5S/c22-29(26,27)18-10-8-15(9-11-18)13-23-20(24)14-28-21(25)12-17-6-3-5-16-4-1-2-7-19(16)17/h1-11H,12-14H2,(H,23,24)(H2,22,26,27). The van der Waals surface area contributed by atoms with Gasteiger partial charge in [-0.1, -0.05) is 54.6 Å². The van der Waals surface area contributed by atoms with Gasteiger partial charge >= 0.3 is 5.97 Å². The highest BCUT2D eigenvalue weighted by atomic mass is 32.2. The highest BCUT2D eigenvalue weighted by Gasteiger charge is 2.11. The molecule has 150 valence electrons. The number of primary sulfonamides is 1. The molecule has 0 aliphatic carbocycles. The van der Waals surface area contributed by atoms with Gasteiger partial charge < -0.3 is 10.1 Å². The Morgan fingerprint density at radius 1 is 0.931 bits per heavy atom. The molecule has 29 heavy (non-hydrogen) atoms. The molecule has 0 atom stereocenters. The van der Waals surface area contributed by atoms with Crippen LogP contribution in [0.3, 0.4) is 0 Å². The van der Waals surface area contributed by atoms with E-state index in [-0.39, 0.29) is 17.9 Å². The van der Waals surface area contributed by atoms with Crippen molar-refractivity contribution in [3.8, 4) is 0 Å². The fourth-order valence-corrected chi connectivity index (χ4v) is 3.36. The summed E-state index contributed by atoms with van der Waals surface area (Å²) in [6, 6.07) is 19.2. The number of carbonyl (C=O) groups excluding carboxylic acids is 2. The molecule has 0 radical (unpaired) electrons. The molecule has 0 aliphatic heterocycles. The van der Waals surface area contributed by atoms with Crippen molar-refractivity contribution in [3.63, 3.8) is 0 Å². The first-order valence-electron chi connectivity index (χ1n) is 8.83. The van der Waals surface area contributed by atoms with Gasteiger partial charge in [0.25, 0.3) is 5.91 Å². The van der Waals surface area contributed by atoms with Gasteiger partial charge in [-0.15, -0.1) is 0 Å². The summed E-state index contributed by atoms with van der Waals surface area (Å²) in [6.45, 7) is -0.219. The van der Waals surface area contributed by atoms with Crippen molar-refractivity contribution in [2.45, 2.75) is 17.9 Å². The zero-order valence-corrected chi connectivity index (χ0v) is 16.3. The van der Waals surface area contributed by atoms with Crippen LogP contribution in [0.25, 0.3) is 10.8 Å². The summed E-state index contributed by atoms with van der Waals surface area (Å²) in [5, 5.41) is 9.65. The van der Waals surface area contributed by atoms with Crippen LogP contribution < -0.4 is 10.5 Å². The van der Waals surface area contributed by atoms with Crippen molar-refractivity contribution in [3.05, 3.63) is 77.9 Å². The van der Waals surface area contributed by atoms with Crippen LogP contribution in [0.15, 0.2) is 71.6 Å². The van der Waals surface area contributed by atoms with E-state index in [2.05, 4.69) is 5.32 Å². The zero-order chi connectivity index (χ0) is 20.9. The Hall–Kier alpha value is -3.23. The van der Waals surface area contributed by atoms with Gasteiger partial charge in [0.05, 0.1) is 11.3 Å². The smallest absolute Gasteiger partial charge is 0.310 e. The number of sulfonamides is 1. The van der Waals surface area contributed by atoms with Crippen molar-refractivity contribution in [1.29, 1.82) is 0 Å². The van der Waals surface area contributed by atoms with E-state index < -0.39 is 28.5 Å². The van der Waals surface area contributed by atoms with E-state index >= 15 is 0 Å². The monoisotopic (exact) mass is 412 g/mol. The van der Waals surface area contributed by atoms with E-state index in [1.54, 1.807) is 12.1 Å². The predicted molar refractivity (Wildman–Crippen MR) is 108 cm³/mol. The van der Waals surface area contributed by atoms with E-state index in [9.17, 15) is 18.0 Å². The van der Waals surface area contributed by atoms with Gasteiger partial charge in [0.2, 0.25) is 10.0 Å². The van der Waals surface area contributed by atoms with Gasteiger partial charge in [-0.25, -0.2) is 13.6 Å². The molecule has 0 heterocycles. The first-order chi connectivity index (χ1) is 13.8. The van der Waals surface area contributed by atoms with Gasteiger partial charge in [0.1, 0.15) is 0 Å². The van der Waals surface area contributed by atoms with Crippen LogP contribution in [0.5, 0.6) is 0 Å². The van der Waals surface area contributed by atoms with Crippen LogP contribution in [-0.2, 0) is 37.3 Å². The van der Waals surface area contributed by atoms with Crippen LogP contribution in [0.2, 0.25) is 0 Å². The van der Waals surface area contributed by atoms with Crippen molar-refractivity contribution >= 4 is 32.7 Å². The third-order valence-corrected chi connectivity index (χ3v) is 5.25. The molecule has 3 N–H and O–H groups in total. The number of amides is 1. The van der Waals surface area contributed by atoms with Crippen molar-refractivity contribution in [1.82, 2.24) is 5.32 Å². The van der Waals surface area contributed by atoms with Crippen LogP contribution in [-0.4, -0.2) is 26.9 Å². The molecule has 3 aromatic rings. The minimum atomic E-state index is -3.75. The van der Waals surface area contributed by atoms with Crippen LogP contribution in [0.4, 0.5) is 0 Å². The minimum Gasteiger partial charge on any atom is -0.455 e. The van der Waals surface area contributed by atoms with E-state index in [4.69, 9.17) is 9.88 Å². The van der Waals surface area contributed by atoms with Gasteiger partial charge in [-0.2, -0.15) is 0 Å². The largest absolute Gasteiger partial charge is 0.455 e. The Morgan fingerprint density at radius 2 is 1.62 bits per heavy atom. The summed E-state index contributed by atoms with van der Waals surface area (Å²) < 4.78 is 27.5. The lowest BCUT2D eigenvalue weighted by atomic mass is 10.0. The van der Waals surface area contributed by atoms with Crippen molar-refractivity contribution in [2.75, 3.05) is 6.61 Å². The van der Waals surface area contributed by atoms with Gasteiger partial charge in [0, 0.05) is 6.54 Å². The topological polar surface area (TPSA) is 116 Å². The van der Waals surface area contributed by atoms with Crippen LogP contribution in [0, 0.1) is 0 Å². The second kappa shape index (κ2) is 8.85. The third kappa shape index (κ3) is 5.63. The number of nitrogens with two attached hydrogens (primary N) is 1. The molecule has 3 aromatic carbocycles. The Morgan fingerprint density at radius 3 is 2.34 bits per heavy atom. The molecule has 0 spiro atoms. The van der Waals surface area contributed by atoms with Crippen molar-refractivity contribution in [2.24, 2.45) is 5.14 Å². The van der Waals surface area contributed by atoms with E-state index in [0.29, 0.717) is 5.56 Å². The quantitative estimate of drug-likeness (QED) is 0.575. The second-order valence-electron chi connectivity index (χ2n) is 6.44. The number of carbonyl (C=O) groups is 2. The molecule has 3 rings (SSSR count). The van der Waals surface area contributed by atoms with E-state index in [1.165, 1.54) is 12.1 Å². The Labute approximate surface area is 168 Å². The molecule has 0 unspecified atom stereocenters. The number of ether oxygens (including phenoxy) is 1. The molecule has 8 heteroatoms. The summed E-state index contributed by atoms with van der Waals surface area (Å²) in [5.41, 5.74) is 1.52. The maximum absolute atomic E-state index is 12.1. The summed E-state index contributed by atoms with van der Waals surface area (Å²) in [4.78, 5) is 24.0. The SMILES string of the molecule is NS(=O)(=O)c1ccc(CNC(=O)COC(=O)Cc2cccc3ccccc23)cc1. The van der Waals surface area contributed by atoms with E-state index in [0.717, 1.165) is 16.3 Å². The Balaban J connectivity index is 1.48. The Bertz CT molecular complexity index is 1140. The molecule has 0 aromatic heterocycles. The number of rotatable bonds is 7. The molecule has 0 fully saturated rings. The van der Waals surface area contributed by atoms with Crippen LogP contribution >= 0.6 is 0 Å². The average molecular weight is 412 g/mol. The summed E-state index contributed by atoms with van der Waals surface area (Å²) in [6.07, 6.45) is 0.0731. The Kier molecular flexibility index (Phi) is 6.26. The average Bonchev–Trinajstić information content (AvgIpc) is 2.71. The third-order valence-electron chi connectivity index (χ3n) is 4.32. The summed E-state index contributed by atoms with van der Waals surface area (Å²) in [7, 11) is -3.75. The lowest BCUT2D eigenvalue weighted by Crippen LogP contribution is -2.28. The predicted octanol–water partition coefficient (Wildman–Crippen LogP) is 1.89. The fraction of sp³-hybridized carbons (Fsp3) is 0.143. The van der Waals surface area contributed by atoms with Gasteiger partial charge in [0.15, 0.2) is 6.61 Å². The number of nitrogens with one attached hydrogen (secondary N) is 1. The number of hydrogen-bond donors (Lipinski definition) is 2. The van der Waals surface area contributed by atoms with Crippen LogP contribution in [0.1, 0.15) is 11.1 Å². The number of fused-ring (bicyclic) bond motifs is 1. The normalized spacial score (nSPS) is 11.2. The van der Waals surface area contributed by atoms with Crippen molar-refractivity contribution < 1.29 is 22.7 Å². The first kappa shape index (κ1) is 20.5. The van der Waals surface area contributed by atoms with Gasteiger partial charge in [-0.05, 0) is 34.0 Å². The lowest BCUT2D eigenvalue weighted by molar-refractivity contribution is -0.147. The number of benzene rings is 3. The zero-order valence-electron chi connectivity index (χ0n) is 15.5. The molecule has 1 amide bonds. The van der Waals surface area contributed by atoms with Gasteiger partial charge in [-0.3, -0.25) is 9.59 Å². The minimum absolute atomic E-state index is 0.00468. The fourth-order valence-electron chi connectivity index (χ4n) is 2.85. The highest BCUT2D eigenvalue weighted by Crippen LogP contribution is 2.19.